The third-order valence-electron chi connectivity index (χ3n) is 17.8. The first-order valence-corrected chi connectivity index (χ1v) is 25.2. The summed E-state index contributed by atoms with van der Waals surface area (Å²) in [5.41, 5.74) is 26.4. The Morgan fingerprint density at radius 3 is 1.26 bits per heavy atom. The summed E-state index contributed by atoms with van der Waals surface area (Å²) in [6.07, 6.45) is 0. The zero-order chi connectivity index (χ0) is 47.4. The van der Waals surface area contributed by atoms with E-state index in [0.29, 0.717) is 0 Å². The molecule has 0 radical (unpaired) electrons. The second-order valence-electron chi connectivity index (χ2n) is 22.9. The van der Waals surface area contributed by atoms with Crippen molar-refractivity contribution in [3.63, 3.8) is 0 Å². The van der Waals surface area contributed by atoms with Gasteiger partial charge in [0, 0.05) is 43.8 Å². The van der Waals surface area contributed by atoms with Crippen molar-refractivity contribution in [2.24, 2.45) is 0 Å². The molecule has 0 saturated carbocycles. The van der Waals surface area contributed by atoms with Crippen LogP contribution in [-0.4, -0.2) is 0 Å². The monoisotopic (exact) mass is 899 g/mol. The van der Waals surface area contributed by atoms with Crippen LogP contribution in [0.1, 0.15) is 99.9 Å². The van der Waals surface area contributed by atoms with Crippen molar-refractivity contribution in [1.82, 2.24) is 0 Å². The number of hydrogen-bond acceptors (Lipinski definition) is 2. The van der Waals surface area contributed by atoms with E-state index < -0.39 is 0 Å². The first-order valence-electron chi connectivity index (χ1n) is 25.2. The van der Waals surface area contributed by atoms with Crippen LogP contribution in [0, 0.1) is 0 Å². The van der Waals surface area contributed by atoms with Crippen molar-refractivity contribution in [3.8, 4) is 44.5 Å². The van der Waals surface area contributed by atoms with E-state index in [-0.39, 0.29) is 21.7 Å². The van der Waals surface area contributed by atoms with E-state index >= 15 is 0 Å². The van der Waals surface area contributed by atoms with Gasteiger partial charge in [0.25, 0.3) is 0 Å². The molecule has 1 heterocycles. The van der Waals surface area contributed by atoms with Crippen molar-refractivity contribution < 1.29 is 4.42 Å². The van der Waals surface area contributed by atoms with Gasteiger partial charge < -0.3 is 9.32 Å². The fraction of sp³-hybridized carbons (Fsp3) is 0.176. The highest BCUT2D eigenvalue weighted by Crippen LogP contribution is 2.60. The molecule has 0 N–H and O–H groups in total. The van der Waals surface area contributed by atoms with Crippen molar-refractivity contribution in [3.05, 3.63) is 220 Å². The largest absolute Gasteiger partial charge is 0.454 e. The lowest BCUT2D eigenvalue weighted by molar-refractivity contribution is 0.652. The zero-order valence-corrected chi connectivity index (χ0v) is 41.1. The number of nitrogens with zero attached hydrogens (tertiary/aromatic N) is 1. The van der Waals surface area contributed by atoms with E-state index in [1.807, 2.05) is 0 Å². The lowest BCUT2D eigenvalue weighted by Crippen LogP contribution is -2.18. The van der Waals surface area contributed by atoms with Crippen molar-refractivity contribution >= 4 is 60.5 Å². The minimum atomic E-state index is -0.246. The molecule has 0 saturated heterocycles. The molecule has 0 fully saturated rings. The fourth-order valence-electron chi connectivity index (χ4n) is 14.1. The number of hydrogen-bond donors (Lipinski definition) is 0. The maximum atomic E-state index is 6.88. The SMILES string of the molecule is CC1(C)c2cc(N(c3ccc4c(c3)C(C)(C)c3cc5c(cc3-4)C(C)(C)c3ccc4ccccc4c3-5)c3cccc4c3oc3ccccc34)ccc2-c2cc3c(cc21)-c1c(ccc2ccccc12)C3(C)C. The summed E-state index contributed by atoms with van der Waals surface area (Å²) in [5, 5.41) is 7.52. The minimum absolute atomic E-state index is 0.116. The summed E-state index contributed by atoms with van der Waals surface area (Å²) in [6, 6.07) is 66.9. The van der Waals surface area contributed by atoms with Crippen molar-refractivity contribution in [2.45, 2.75) is 77.0 Å². The van der Waals surface area contributed by atoms with Crippen LogP contribution in [0.25, 0.3) is 88.0 Å². The van der Waals surface area contributed by atoms with Crippen LogP contribution in [0.3, 0.4) is 0 Å². The van der Waals surface area contributed by atoms with Gasteiger partial charge in [0.05, 0.1) is 5.69 Å². The summed E-state index contributed by atoms with van der Waals surface area (Å²) in [5.74, 6) is 0. The smallest absolute Gasteiger partial charge is 0.159 e. The molecule has 0 unspecified atom stereocenters. The molecule has 4 aliphatic rings. The van der Waals surface area contributed by atoms with Crippen LogP contribution in [0.5, 0.6) is 0 Å². The molecular weight excluding hydrogens is 847 g/mol. The maximum Gasteiger partial charge on any atom is 0.159 e. The van der Waals surface area contributed by atoms with Gasteiger partial charge in [-0.3, -0.25) is 0 Å². The molecule has 4 aliphatic carbocycles. The van der Waals surface area contributed by atoms with Gasteiger partial charge in [-0.25, -0.2) is 0 Å². The molecular formula is C68H53NO. The normalized spacial score (nSPS) is 16.5. The Bertz CT molecular complexity index is 3970. The number of para-hydroxylation sites is 2. The standard InChI is InChI=1S/C68H53NO/c1-65(2)52-30-24-38-16-9-11-18-42(38)62(52)50-36-56-48(34-58(50)65)44-28-26-40(32-54(44)67(56,5)6)69(60-22-15-21-47-46-20-13-14-23-61(46)70-64(47)60)41-27-29-45-49-35-59-51(37-57(49)68(7,8)55(45)33-41)63-43-19-12-10-17-39(43)25-31-53(63)66(59,3)4/h9-37H,1-8H3. The van der Waals surface area contributed by atoms with Gasteiger partial charge in [0.1, 0.15) is 5.58 Å². The second-order valence-corrected chi connectivity index (χ2v) is 22.9. The zero-order valence-electron chi connectivity index (χ0n) is 41.1. The lowest BCUT2D eigenvalue weighted by Gasteiger charge is -2.29. The Hall–Kier alpha value is -7.68. The third-order valence-corrected chi connectivity index (χ3v) is 17.8. The van der Waals surface area contributed by atoms with Crippen LogP contribution in [-0.2, 0) is 21.7 Å². The summed E-state index contributed by atoms with van der Waals surface area (Å²) < 4.78 is 6.88. The van der Waals surface area contributed by atoms with Gasteiger partial charge in [-0.15, -0.1) is 0 Å². The fourth-order valence-corrected chi connectivity index (χ4v) is 14.1. The molecule has 1 aromatic heterocycles. The summed E-state index contributed by atoms with van der Waals surface area (Å²) >= 11 is 0. The van der Waals surface area contributed by atoms with Crippen LogP contribution >= 0.6 is 0 Å². The molecule has 10 aromatic carbocycles. The highest BCUT2D eigenvalue weighted by molar-refractivity contribution is 6.11. The number of rotatable bonds is 3. The average Bonchev–Trinajstić information content (AvgIpc) is 4.06. The molecule has 0 spiro atoms. The number of anilines is 3. The van der Waals surface area contributed by atoms with Crippen molar-refractivity contribution in [2.75, 3.05) is 4.90 Å². The van der Waals surface area contributed by atoms with Gasteiger partial charge >= 0.3 is 0 Å². The highest BCUT2D eigenvalue weighted by atomic mass is 16.3. The summed E-state index contributed by atoms with van der Waals surface area (Å²) in [7, 11) is 0. The van der Waals surface area contributed by atoms with Gasteiger partial charge in [-0.05, 0) is 171 Å². The lowest BCUT2D eigenvalue weighted by atomic mass is 9.79. The number of fused-ring (bicyclic) bond motifs is 19. The molecule has 2 heteroatoms. The molecule has 0 amide bonds. The molecule has 70 heavy (non-hydrogen) atoms. The molecule has 336 valence electrons. The number of benzene rings is 10. The first kappa shape index (κ1) is 40.2. The summed E-state index contributed by atoms with van der Waals surface area (Å²) in [6.45, 7) is 19.3. The van der Waals surface area contributed by atoms with E-state index in [4.69, 9.17) is 4.42 Å². The maximum absolute atomic E-state index is 6.88. The predicted octanol–water partition coefficient (Wildman–Crippen LogP) is 18.6. The quantitative estimate of drug-likeness (QED) is 0.176. The molecule has 15 rings (SSSR count). The molecule has 0 atom stereocenters. The van der Waals surface area contributed by atoms with E-state index in [1.165, 1.54) is 111 Å². The van der Waals surface area contributed by atoms with Crippen molar-refractivity contribution in [1.29, 1.82) is 0 Å². The molecule has 0 bridgehead atoms. The Morgan fingerprint density at radius 2 is 0.729 bits per heavy atom. The number of furan rings is 1. The Balaban J connectivity index is 0.911. The van der Waals surface area contributed by atoms with Gasteiger partial charge in [0.2, 0.25) is 0 Å². The molecule has 2 nitrogen and oxygen atoms in total. The van der Waals surface area contributed by atoms with Gasteiger partial charge in [-0.2, -0.15) is 0 Å². The average molecular weight is 900 g/mol. The van der Waals surface area contributed by atoms with Gasteiger partial charge in [0.15, 0.2) is 5.58 Å². The van der Waals surface area contributed by atoms with E-state index in [0.717, 1.165) is 39.0 Å². The minimum Gasteiger partial charge on any atom is -0.454 e. The molecule has 0 aliphatic heterocycles. The van der Waals surface area contributed by atoms with Crippen LogP contribution < -0.4 is 4.90 Å². The van der Waals surface area contributed by atoms with E-state index in [2.05, 4.69) is 236 Å². The third kappa shape index (κ3) is 4.94. The molecule has 11 aromatic rings. The van der Waals surface area contributed by atoms with E-state index in [1.54, 1.807) is 0 Å². The first-order chi connectivity index (χ1) is 33.7. The Labute approximate surface area is 409 Å². The topological polar surface area (TPSA) is 16.4 Å². The van der Waals surface area contributed by atoms with Crippen LogP contribution in [0.4, 0.5) is 17.1 Å². The van der Waals surface area contributed by atoms with Crippen LogP contribution in [0.15, 0.2) is 180 Å². The second kappa shape index (κ2) is 13.1. The predicted molar refractivity (Wildman–Crippen MR) is 294 cm³/mol. The summed E-state index contributed by atoms with van der Waals surface area (Å²) in [4.78, 5) is 2.47. The van der Waals surface area contributed by atoms with E-state index in [9.17, 15) is 0 Å². The Kier molecular flexibility index (Phi) is 7.55. The Morgan fingerprint density at radius 1 is 0.314 bits per heavy atom. The van der Waals surface area contributed by atoms with Crippen LogP contribution in [0.2, 0.25) is 0 Å². The van der Waals surface area contributed by atoms with Gasteiger partial charge in [-0.1, -0.05) is 171 Å². The highest BCUT2D eigenvalue weighted by Gasteiger charge is 2.45.